The van der Waals surface area contributed by atoms with Crippen LogP contribution >= 0.6 is 11.3 Å². The fourth-order valence-corrected chi connectivity index (χ4v) is 7.49. The summed E-state index contributed by atoms with van der Waals surface area (Å²) in [6, 6.07) is 25.6. The summed E-state index contributed by atoms with van der Waals surface area (Å²) >= 11 is 1.80. The number of rotatable bonds is 7. The molecular formula is C31H31NO6S2. The summed E-state index contributed by atoms with van der Waals surface area (Å²) in [5.41, 5.74) is 4.66. The molecule has 0 saturated heterocycles. The molecule has 0 spiro atoms. The van der Waals surface area contributed by atoms with Crippen LogP contribution in [0.1, 0.15) is 34.8 Å². The van der Waals surface area contributed by atoms with Crippen molar-refractivity contribution in [1.82, 2.24) is 4.90 Å². The normalized spacial score (nSPS) is 14.6. The van der Waals surface area contributed by atoms with E-state index in [4.69, 9.17) is 19.8 Å². The van der Waals surface area contributed by atoms with Crippen molar-refractivity contribution in [2.75, 3.05) is 19.6 Å². The Labute approximate surface area is 237 Å². The van der Waals surface area contributed by atoms with Crippen LogP contribution in [-0.2, 0) is 19.4 Å². The number of nitrogens with zero attached hydrogens (tertiary/aromatic N) is 1. The second-order valence-electron chi connectivity index (χ2n) is 9.58. The van der Waals surface area contributed by atoms with E-state index in [1.807, 2.05) is 49.4 Å². The van der Waals surface area contributed by atoms with Crippen molar-refractivity contribution in [1.29, 1.82) is 0 Å². The number of benzene rings is 3. The van der Waals surface area contributed by atoms with Crippen molar-refractivity contribution >= 4 is 48.8 Å². The number of carboxylic acids is 2. The van der Waals surface area contributed by atoms with Gasteiger partial charge in [0, 0.05) is 24.3 Å². The van der Waals surface area contributed by atoms with Crippen molar-refractivity contribution in [3.05, 3.63) is 107 Å². The van der Waals surface area contributed by atoms with Crippen molar-refractivity contribution in [2.45, 2.75) is 29.9 Å². The molecule has 0 saturated carbocycles. The lowest BCUT2D eigenvalue weighted by molar-refractivity contribution is -0.159. The van der Waals surface area contributed by atoms with Gasteiger partial charge in [0.2, 0.25) is 0 Å². The van der Waals surface area contributed by atoms with Crippen LogP contribution in [0.15, 0.2) is 95.2 Å². The minimum atomic E-state index is -3.48. The summed E-state index contributed by atoms with van der Waals surface area (Å²) in [4.78, 5) is 21.0. The molecule has 0 aliphatic carbocycles. The van der Waals surface area contributed by atoms with Gasteiger partial charge >= 0.3 is 11.9 Å². The number of carboxylic acid groups (broad SMARTS) is 2. The minimum Gasteiger partial charge on any atom is -0.473 e. The molecule has 0 radical (unpaired) electrons. The number of thiophene rings is 1. The van der Waals surface area contributed by atoms with Crippen LogP contribution in [-0.4, -0.2) is 55.1 Å². The van der Waals surface area contributed by atoms with E-state index in [-0.39, 0.29) is 0 Å². The summed E-state index contributed by atoms with van der Waals surface area (Å²) in [6.07, 6.45) is 3.88. The fourth-order valence-electron chi connectivity index (χ4n) is 4.77. The third kappa shape index (κ3) is 7.04. The third-order valence-corrected chi connectivity index (χ3v) is 10.1. The molecule has 1 aromatic heterocycles. The van der Waals surface area contributed by atoms with Crippen molar-refractivity contribution in [3.63, 3.8) is 0 Å². The van der Waals surface area contributed by atoms with E-state index in [1.54, 1.807) is 23.5 Å². The van der Waals surface area contributed by atoms with Crippen LogP contribution in [0.4, 0.5) is 0 Å². The molecule has 7 nitrogen and oxygen atoms in total. The Morgan fingerprint density at radius 2 is 1.62 bits per heavy atom. The third-order valence-electron chi connectivity index (χ3n) is 6.90. The van der Waals surface area contributed by atoms with Gasteiger partial charge in [0.15, 0.2) is 9.84 Å². The smallest absolute Gasteiger partial charge is 0.414 e. The van der Waals surface area contributed by atoms with E-state index in [9.17, 15) is 8.42 Å². The predicted molar refractivity (Wildman–Crippen MR) is 158 cm³/mol. The number of fused-ring (bicyclic) bond motifs is 1. The van der Waals surface area contributed by atoms with Gasteiger partial charge in [0.05, 0.1) is 10.1 Å². The predicted octanol–water partition coefficient (Wildman–Crippen LogP) is 6.06. The van der Waals surface area contributed by atoms with Gasteiger partial charge in [-0.2, -0.15) is 0 Å². The number of carbonyl (C=O) groups is 2. The van der Waals surface area contributed by atoms with E-state index >= 15 is 0 Å². The van der Waals surface area contributed by atoms with Gasteiger partial charge in [0.25, 0.3) is 0 Å². The first-order chi connectivity index (χ1) is 19.2. The first-order valence-corrected chi connectivity index (χ1v) is 15.3. The van der Waals surface area contributed by atoms with E-state index in [0.29, 0.717) is 11.3 Å². The maximum atomic E-state index is 13.6. The quantitative estimate of drug-likeness (QED) is 0.257. The largest absolute Gasteiger partial charge is 0.473 e. The Morgan fingerprint density at radius 3 is 2.25 bits per heavy atom. The lowest BCUT2D eigenvalue weighted by Crippen LogP contribution is -2.31. The Bertz CT molecular complexity index is 1600. The number of hydrogen-bond donors (Lipinski definition) is 2. The van der Waals surface area contributed by atoms with Crippen molar-refractivity contribution in [3.8, 4) is 0 Å². The molecule has 208 valence electrons. The molecule has 2 N–H and O–H groups in total. The average Bonchev–Trinajstić information content (AvgIpc) is 3.44. The highest BCUT2D eigenvalue weighted by atomic mass is 32.2. The Balaban J connectivity index is 0.000000557. The second-order valence-corrected chi connectivity index (χ2v) is 12.6. The van der Waals surface area contributed by atoms with Crippen molar-refractivity contribution in [2.24, 2.45) is 0 Å². The maximum Gasteiger partial charge on any atom is 0.414 e. The topological polar surface area (TPSA) is 112 Å². The van der Waals surface area contributed by atoms with Crippen LogP contribution in [0.2, 0.25) is 0 Å². The van der Waals surface area contributed by atoms with Gasteiger partial charge in [0.1, 0.15) is 0 Å². The minimum absolute atomic E-state index is 0.400. The van der Waals surface area contributed by atoms with Gasteiger partial charge < -0.3 is 10.2 Å². The number of sulfone groups is 1. The molecule has 1 aliphatic rings. The van der Waals surface area contributed by atoms with Gasteiger partial charge in [-0.05, 0) is 65.4 Å². The monoisotopic (exact) mass is 577 g/mol. The molecule has 5 rings (SSSR count). The molecule has 3 aromatic carbocycles. The Morgan fingerprint density at radius 1 is 0.925 bits per heavy atom. The Hall–Kier alpha value is -3.79. The molecular weight excluding hydrogens is 546 g/mol. The molecule has 0 bridgehead atoms. The van der Waals surface area contributed by atoms with E-state index in [0.717, 1.165) is 37.2 Å². The lowest BCUT2D eigenvalue weighted by atomic mass is 9.98. The molecule has 1 aliphatic heterocycles. The van der Waals surface area contributed by atoms with Crippen LogP contribution in [0.5, 0.6) is 0 Å². The first kappa shape index (κ1) is 29.2. The van der Waals surface area contributed by atoms with E-state index in [2.05, 4.69) is 40.6 Å². The average molecular weight is 578 g/mol. The SMILES string of the molecule is Cc1ccc(S(=O)(=O)C(CCN2CC=C(c3cccc4ccsc34)CC2)c2ccccc2)cc1.O=C(O)C(=O)O. The highest BCUT2D eigenvalue weighted by Gasteiger charge is 2.29. The summed E-state index contributed by atoms with van der Waals surface area (Å²) in [5, 5.41) is 17.7. The number of aliphatic carboxylic acids is 2. The molecule has 40 heavy (non-hydrogen) atoms. The standard InChI is InChI=1S/C29H29NO2S2.C2H2O4/c1-22-10-12-26(13-11-22)34(31,32)28(24-6-3-2-4-7-24)16-20-30-18-14-23(15-19-30)27-9-5-8-25-17-21-33-29(25)27;3-1(4)2(5)6/h2-14,17,21,28H,15-16,18-20H2,1H3;(H,3,4)(H,5,6). The number of hydrogen-bond acceptors (Lipinski definition) is 6. The zero-order chi connectivity index (χ0) is 28.7. The summed E-state index contributed by atoms with van der Waals surface area (Å²) in [7, 11) is -3.48. The molecule has 1 unspecified atom stereocenters. The van der Waals surface area contributed by atoms with Gasteiger partial charge in [-0.25, -0.2) is 18.0 Å². The molecule has 0 fully saturated rings. The van der Waals surface area contributed by atoms with Gasteiger partial charge in [-0.1, -0.05) is 72.3 Å². The molecule has 9 heteroatoms. The second kappa shape index (κ2) is 13.0. The summed E-state index contributed by atoms with van der Waals surface area (Å²) < 4.78 is 28.6. The van der Waals surface area contributed by atoms with E-state index < -0.39 is 27.0 Å². The summed E-state index contributed by atoms with van der Waals surface area (Å²) in [6.45, 7) is 4.52. The van der Waals surface area contributed by atoms with Crippen LogP contribution < -0.4 is 0 Å². The van der Waals surface area contributed by atoms with E-state index in [1.165, 1.54) is 21.2 Å². The summed E-state index contributed by atoms with van der Waals surface area (Å²) in [5.74, 6) is -3.65. The molecule has 2 heterocycles. The van der Waals surface area contributed by atoms with Crippen LogP contribution in [0, 0.1) is 6.92 Å². The lowest BCUT2D eigenvalue weighted by Gasteiger charge is -2.28. The fraction of sp³-hybridized carbons (Fsp3) is 0.226. The van der Waals surface area contributed by atoms with Crippen LogP contribution in [0.25, 0.3) is 15.7 Å². The number of aryl methyl sites for hydroxylation is 1. The maximum absolute atomic E-state index is 13.6. The van der Waals surface area contributed by atoms with Crippen LogP contribution in [0.3, 0.4) is 0 Å². The van der Waals surface area contributed by atoms with Gasteiger partial charge in [-0.3, -0.25) is 4.90 Å². The molecule has 4 aromatic rings. The highest BCUT2D eigenvalue weighted by Crippen LogP contribution is 2.34. The zero-order valence-electron chi connectivity index (χ0n) is 22.1. The van der Waals surface area contributed by atoms with Crippen molar-refractivity contribution < 1.29 is 28.2 Å². The Kier molecular flexibility index (Phi) is 9.52. The zero-order valence-corrected chi connectivity index (χ0v) is 23.7. The molecule has 1 atom stereocenters. The highest BCUT2D eigenvalue weighted by molar-refractivity contribution is 7.91. The van der Waals surface area contributed by atoms with Gasteiger partial charge in [-0.15, -0.1) is 11.3 Å². The first-order valence-electron chi connectivity index (χ1n) is 12.9. The molecule has 0 amide bonds.